The zero-order valence-corrected chi connectivity index (χ0v) is 16.7. The predicted molar refractivity (Wildman–Crippen MR) is 102 cm³/mol. The molecule has 1 aromatic carbocycles. The van der Waals surface area contributed by atoms with Crippen molar-refractivity contribution < 1.29 is 12.9 Å². The molecule has 1 aliphatic heterocycles. The Balaban J connectivity index is 1.81. The molecule has 1 atom stereocenters. The van der Waals surface area contributed by atoms with E-state index < -0.39 is 16.1 Å². The van der Waals surface area contributed by atoms with E-state index in [1.54, 1.807) is 4.90 Å². The van der Waals surface area contributed by atoms with Crippen molar-refractivity contribution >= 4 is 26.9 Å². The second-order valence-corrected chi connectivity index (χ2v) is 8.92. The number of rotatable bonds is 4. The van der Waals surface area contributed by atoms with E-state index >= 15 is 0 Å². The van der Waals surface area contributed by atoms with E-state index in [2.05, 4.69) is 10.1 Å². The first-order chi connectivity index (χ1) is 12.8. The number of nitrogens with zero attached hydrogens (tertiary/aromatic N) is 5. The van der Waals surface area contributed by atoms with Crippen LogP contribution < -0.4 is 4.90 Å². The molecule has 1 unspecified atom stereocenters. The largest absolute Gasteiger partial charge is 0.347 e. The molecule has 9 heteroatoms. The zero-order chi connectivity index (χ0) is 19.3. The van der Waals surface area contributed by atoms with Crippen LogP contribution in [0.1, 0.15) is 30.5 Å². The van der Waals surface area contributed by atoms with Crippen LogP contribution in [0.5, 0.6) is 0 Å². The average molecular weight is 389 g/mol. The molecule has 0 aliphatic carbocycles. The maximum absolute atomic E-state index is 13.6. The van der Waals surface area contributed by atoms with Gasteiger partial charge in [-0.25, -0.2) is 8.42 Å². The summed E-state index contributed by atoms with van der Waals surface area (Å²) in [5.74, 6) is 0.785. The van der Waals surface area contributed by atoms with E-state index in [-0.39, 0.29) is 0 Å². The van der Waals surface area contributed by atoms with E-state index in [9.17, 15) is 8.42 Å². The van der Waals surface area contributed by atoms with Gasteiger partial charge in [0.05, 0.1) is 0 Å². The third-order valence-corrected chi connectivity index (χ3v) is 7.31. The lowest BCUT2D eigenvalue weighted by Gasteiger charge is -2.21. The quantitative estimate of drug-likeness (QED) is 0.681. The molecular weight excluding hydrogens is 366 g/mol. The van der Waals surface area contributed by atoms with Gasteiger partial charge in [0.2, 0.25) is 15.9 Å². The van der Waals surface area contributed by atoms with Crippen LogP contribution >= 0.6 is 0 Å². The number of anilines is 1. The van der Waals surface area contributed by atoms with Crippen molar-refractivity contribution in [3.63, 3.8) is 0 Å². The van der Waals surface area contributed by atoms with Crippen molar-refractivity contribution in [1.82, 2.24) is 19.0 Å². The third kappa shape index (κ3) is 2.72. The van der Waals surface area contributed by atoms with Crippen molar-refractivity contribution in [3.05, 3.63) is 35.9 Å². The lowest BCUT2D eigenvalue weighted by atomic mass is 10.2. The van der Waals surface area contributed by atoms with Crippen LogP contribution in [-0.4, -0.2) is 48.1 Å². The number of sulfonamides is 1. The van der Waals surface area contributed by atoms with Crippen molar-refractivity contribution in [3.8, 4) is 0 Å². The van der Waals surface area contributed by atoms with E-state index in [0.29, 0.717) is 29.7 Å². The zero-order valence-electron chi connectivity index (χ0n) is 15.9. The molecule has 0 radical (unpaired) electrons. The number of hydrogen-bond donors (Lipinski definition) is 0. The van der Waals surface area contributed by atoms with Gasteiger partial charge in [-0.15, -0.1) is 0 Å². The molecule has 0 spiro atoms. The number of aryl methyl sites for hydroxylation is 1. The Morgan fingerprint density at radius 1 is 1.26 bits per heavy atom. The summed E-state index contributed by atoms with van der Waals surface area (Å²) in [6.45, 7) is 2.28. The summed E-state index contributed by atoms with van der Waals surface area (Å²) in [6.07, 6.45) is 1.42. The van der Waals surface area contributed by atoms with Crippen LogP contribution in [0.4, 0.5) is 5.95 Å². The van der Waals surface area contributed by atoms with Gasteiger partial charge in [-0.05, 0) is 31.0 Å². The van der Waals surface area contributed by atoms with Gasteiger partial charge >= 0.3 is 0 Å². The van der Waals surface area contributed by atoms with Crippen molar-refractivity contribution in [2.24, 2.45) is 7.05 Å². The van der Waals surface area contributed by atoms with Gasteiger partial charge in [0, 0.05) is 44.3 Å². The van der Waals surface area contributed by atoms with Crippen LogP contribution in [0.25, 0.3) is 10.9 Å². The smallest absolute Gasteiger partial charge is 0.265 e. The summed E-state index contributed by atoms with van der Waals surface area (Å²) < 4.78 is 36.0. The summed E-state index contributed by atoms with van der Waals surface area (Å²) in [6, 6.07) is 7.14. The summed E-state index contributed by atoms with van der Waals surface area (Å²) in [5, 5.41) is 4.67. The van der Waals surface area contributed by atoms with Crippen molar-refractivity contribution in [2.75, 3.05) is 25.5 Å². The molecule has 1 fully saturated rings. The maximum atomic E-state index is 13.6. The molecule has 0 amide bonds. The molecule has 27 heavy (non-hydrogen) atoms. The highest BCUT2D eigenvalue weighted by atomic mass is 32.2. The highest BCUT2D eigenvalue weighted by molar-refractivity contribution is 7.89. The van der Waals surface area contributed by atoms with E-state index in [4.69, 9.17) is 4.52 Å². The number of para-hydroxylation sites is 1. The number of aromatic nitrogens is 3. The minimum atomic E-state index is -3.71. The van der Waals surface area contributed by atoms with E-state index in [1.165, 1.54) is 4.31 Å². The minimum Gasteiger partial charge on any atom is -0.347 e. The van der Waals surface area contributed by atoms with Crippen molar-refractivity contribution in [2.45, 2.75) is 30.7 Å². The predicted octanol–water partition coefficient (Wildman–Crippen LogP) is 2.46. The van der Waals surface area contributed by atoms with Crippen molar-refractivity contribution in [1.29, 1.82) is 0 Å². The first-order valence-electron chi connectivity index (χ1n) is 8.89. The monoisotopic (exact) mass is 389 g/mol. The van der Waals surface area contributed by atoms with Crippen LogP contribution in [0.2, 0.25) is 0 Å². The van der Waals surface area contributed by atoms with Crippen LogP contribution in [0, 0.1) is 6.92 Å². The molecule has 0 saturated carbocycles. The molecule has 0 N–H and O–H groups in total. The summed E-state index contributed by atoms with van der Waals surface area (Å²) in [7, 11) is 1.81. The van der Waals surface area contributed by atoms with Crippen LogP contribution in [0.15, 0.2) is 33.7 Å². The number of hydrogen-bond acceptors (Lipinski definition) is 6. The topological polar surface area (TPSA) is 84.5 Å². The molecule has 8 nitrogen and oxygen atoms in total. The molecule has 3 aromatic rings. The second kappa shape index (κ2) is 6.35. The average Bonchev–Trinajstić information content (AvgIpc) is 3.34. The molecule has 1 aliphatic rings. The Morgan fingerprint density at radius 3 is 2.70 bits per heavy atom. The van der Waals surface area contributed by atoms with Gasteiger partial charge in [0.15, 0.2) is 0 Å². The van der Waals surface area contributed by atoms with Crippen LogP contribution in [0.3, 0.4) is 0 Å². The number of benzene rings is 1. The van der Waals surface area contributed by atoms with Gasteiger partial charge < -0.3 is 14.0 Å². The maximum Gasteiger partial charge on any atom is 0.265 e. The Morgan fingerprint density at radius 2 is 2.00 bits per heavy atom. The Kier molecular flexibility index (Phi) is 4.23. The van der Waals surface area contributed by atoms with Gasteiger partial charge in [0.1, 0.15) is 10.9 Å². The van der Waals surface area contributed by atoms with E-state index in [0.717, 1.165) is 23.0 Å². The molecule has 4 rings (SSSR count). The van der Waals surface area contributed by atoms with Gasteiger partial charge in [-0.3, -0.25) is 0 Å². The number of fused-ring (bicyclic) bond motifs is 1. The fourth-order valence-electron chi connectivity index (χ4n) is 3.75. The van der Waals surface area contributed by atoms with Crippen LogP contribution in [-0.2, 0) is 17.1 Å². The molecule has 144 valence electrons. The minimum absolute atomic E-state index is 0.345. The van der Waals surface area contributed by atoms with Gasteiger partial charge in [-0.2, -0.15) is 9.29 Å². The van der Waals surface area contributed by atoms with Gasteiger partial charge in [-0.1, -0.05) is 18.2 Å². The highest BCUT2D eigenvalue weighted by Crippen LogP contribution is 2.39. The second-order valence-electron chi connectivity index (χ2n) is 7.09. The Labute approximate surface area is 158 Å². The Hall–Kier alpha value is -2.39. The standard InChI is InChI=1S/C18H23N5O3S/c1-12-16(13-8-5-6-9-14(13)22(12)4)27(24,25)23-11-7-10-15(23)17-19-18(20-26-17)21(2)3/h5-6,8-9,15H,7,10-11H2,1-4H3. The Bertz CT molecular complexity index is 1100. The lowest BCUT2D eigenvalue weighted by molar-refractivity contribution is 0.290. The van der Waals surface area contributed by atoms with E-state index in [1.807, 2.05) is 56.9 Å². The summed E-state index contributed by atoms with van der Waals surface area (Å²) in [4.78, 5) is 6.47. The molecular formula is C18H23N5O3S. The first-order valence-corrected chi connectivity index (χ1v) is 10.3. The highest BCUT2D eigenvalue weighted by Gasteiger charge is 2.41. The third-order valence-electron chi connectivity index (χ3n) is 5.23. The summed E-state index contributed by atoms with van der Waals surface area (Å²) >= 11 is 0. The molecule has 1 saturated heterocycles. The lowest BCUT2D eigenvalue weighted by Crippen LogP contribution is -2.31. The normalized spacial score (nSPS) is 18.4. The molecule has 3 heterocycles. The first kappa shape index (κ1) is 18.0. The fourth-order valence-corrected chi connectivity index (χ4v) is 5.84. The SMILES string of the molecule is Cc1c(S(=O)(=O)N2CCCC2c2nc(N(C)C)no2)c2ccccc2n1C. The molecule has 2 aromatic heterocycles. The molecule has 0 bridgehead atoms. The van der Waals surface area contributed by atoms with Gasteiger partial charge in [0.25, 0.3) is 5.95 Å². The fraction of sp³-hybridized carbons (Fsp3) is 0.444. The summed E-state index contributed by atoms with van der Waals surface area (Å²) in [5.41, 5.74) is 1.62.